The van der Waals surface area contributed by atoms with Crippen molar-refractivity contribution in [3.8, 4) is 0 Å². The first-order chi connectivity index (χ1) is 19.2. The molecule has 0 spiro atoms. The summed E-state index contributed by atoms with van der Waals surface area (Å²) >= 11 is 0. The summed E-state index contributed by atoms with van der Waals surface area (Å²) in [6.07, 6.45) is 2.84. The Hall–Kier alpha value is -4.54. The van der Waals surface area contributed by atoms with Crippen molar-refractivity contribution in [3.63, 3.8) is 0 Å². The number of aromatic nitrogens is 3. The van der Waals surface area contributed by atoms with Gasteiger partial charge in [0.2, 0.25) is 17.7 Å². The van der Waals surface area contributed by atoms with Gasteiger partial charge in [0.1, 0.15) is 23.8 Å². The normalized spacial score (nSPS) is 18.6. The highest BCUT2D eigenvalue weighted by Crippen LogP contribution is 2.39. The molecule has 0 radical (unpaired) electrons. The smallest absolute Gasteiger partial charge is 0.252 e. The van der Waals surface area contributed by atoms with Gasteiger partial charge in [0.25, 0.3) is 5.91 Å². The lowest BCUT2D eigenvalue weighted by Crippen LogP contribution is -2.58. The van der Waals surface area contributed by atoms with Crippen LogP contribution in [-0.4, -0.2) is 57.2 Å². The van der Waals surface area contributed by atoms with Crippen molar-refractivity contribution >= 4 is 29.3 Å². The summed E-state index contributed by atoms with van der Waals surface area (Å²) < 4.78 is 0. The largest absolute Gasteiger partial charge is 0.348 e. The monoisotopic (exact) mass is 543 g/mol. The first-order valence-electron chi connectivity index (χ1n) is 13.5. The van der Waals surface area contributed by atoms with Gasteiger partial charge in [-0.3, -0.25) is 24.1 Å². The highest BCUT2D eigenvalue weighted by atomic mass is 16.2. The number of hydrogen-bond acceptors (Lipinski definition) is 6. The van der Waals surface area contributed by atoms with E-state index in [4.69, 9.17) is 0 Å². The number of aromatic amines is 1. The van der Waals surface area contributed by atoms with Crippen LogP contribution in [0.2, 0.25) is 0 Å². The number of aryl methyl sites for hydroxylation is 2. The van der Waals surface area contributed by atoms with E-state index in [1.54, 1.807) is 12.1 Å². The summed E-state index contributed by atoms with van der Waals surface area (Å²) in [5.41, 5.74) is 4.50. The molecule has 0 unspecified atom stereocenters. The number of benzene rings is 2. The van der Waals surface area contributed by atoms with E-state index >= 15 is 0 Å². The van der Waals surface area contributed by atoms with Crippen molar-refractivity contribution in [2.75, 3.05) is 4.90 Å². The second-order valence-corrected chi connectivity index (χ2v) is 10.6. The van der Waals surface area contributed by atoms with Crippen LogP contribution in [0.3, 0.4) is 0 Å². The van der Waals surface area contributed by atoms with E-state index in [0.717, 1.165) is 22.4 Å². The summed E-state index contributed by atoms with van der Waals surface area (Å²) in [7, 11) is 0. The molecule has 3 aromatic rings. The standard InChI is InChI=1S/C29H33N7O4/c1-16(2)24(33-26(37)21-10-5-4-7-17(21)3)28(39)32-22-12-11-18-8-6-9-19-13-23(36(25(18)19)29(22)40)27(38)30-14-20-15-31-35-34-20/h4-10,15-16,22-24H,11-14H2,1-3H3,(H,30,38)(H,32,39)(H,33,37)(H,31,34,35)/t22-,23-,24-/m0/s1. The van der Waals surface area contributed by atoms with Crippen molar-refractivity contribution < 1.29 is 19.2 Å². The Bertz CT molecular complexity index is 1440. The number of hydrogen-bond donors (Lipinski definition) is 4. The summed E-state index contributed by atoms with van der Waals surface area (Å²) in [5, 5.41) is 18.8. The van der Waals surface area contributed by atoms with Crippen LogP contribution in [0.4, 0.5) is 5.69 Å². The molecule has 11 heteroatoms. The van der Waals surface area contributed by atoms with Gasteiger partial charge in [-0.15, -0.1) is 0 Å². The predicted molar refractivity (Wildman–Crippen MR) is 147 cm³/mol. The minimum atomic E-state index is -0.853. The number of rotatable bonds is 8. The zero-order chi connectivity index (χ0) is 28.4. The molecule has 208 valence electrons. The van der Waals surface area contributed by atoms with Crippen molar-refractivity contribution in [1.29, 1.82) is 0 Å². The molecular formula is C29H33N7O4. The highest BCUT2D eigenvalue weighted by molar-refractivity contribution is 6.08. The fourth-order valence-electron chi connectivity index (χ4n) is 5.42. The van der Waals surface area contributed by atoms with Crippen LogP contribution in [0.5, 0.6) is 0 Å². The van der Waals surface area contributed by atoms with Crippen LogP contribution in [0, 0.1) is 12.8 Å². The van der Waals surface area contributed by atoms with Crippen LogP contribution in [-0.2, 0) is 33.8 Å². The zero-order valence-corrected chi connectivity index (χ0v) is 22.7. The molecule has 11 nitrogen and oxygen atoms in total. The molecule has 2 aromatic carbocycles. The highest BCUT2D eigenvalue weighted by Gasteiger charge is 2.44. The average Bonchev–Trinajstić information content (AvgIpc) is 3.57. The van der Waals surface area contributed by atoms with Crippen LogP contribution in [0.25, 0.3) is 0 Å². The number of H-pyrrole nitrogens is 1. The summed E-state index contributed by atoms with van der Waals surface area (Å²) in [6, 6.07) is 10.5. The second kappa shape index (κ2) is 11.3. The Morgan fingerprint density at radius 1 is 1.10 bits per heavy atom. The maximum absolute atomic E-state index is 14.0. The molecule has 0 fully saturated rings. The molecule has 1 aromatic heterocycles. The third-order valence-electron chi connectivity index (χ3n) is 7.56. The van der Waals surface area contributed by atoms with Crippen molar-refractivity contribution in [1.82, 2.24) is 31.4 Å². The Morgan fingerprint density at radius 2 is 1.88 bits per heavy atom. The molecule has 4 N–H and O–H groups in total. The van der Waals surface area contributed by atoms with Crippen LogP contribution >= 0.6 is 0 Å². The third kappa shape index (κ3) is 5.31. The second-order valence-electron chi connectivity index (χ2n) is 10.6. The van der Waals surface area contributed by atoms with Crippen molar-refractivity contribution in [3.05, 3.63) is 76.6 Å². The van der Waals surface area contributed by atoms with Crippen LogP contribution in [0.15, 0.2) is 48.7 Å². The molecule has 2 aliphatic heterocycles. The van der Waals surface area contributed by atoms with Gasteiger partial charge in [0.05, 0.1) is 18.4 Å². The minimum absolute atomic E-state index is 0.174. The van der Waals surface area contributed by atoms with Crippen molar-refractivity contribution in [2.45, 2.75) is 64.7 Å². The Labute approximate surface area is 232 Å². The number of nitrogens with one attached hydrogen (secondary N) is 4. The molecule has 5 rings (SSSR count). The first-order valence-corrected chi connectivity index (χ1v) is 13.5. The van der Waals surface area contributed by atoms with E-state index in [2.05, 4.69) is 31.4 Å². The van der Waals surface area contributed by atoms with Gasteiger partial charge >= 0.3 is 0 Å². The molecule has 2 aliphatic rings. The number of nitrogens with zero attached hydrogens (tertiary/aromatic N) is 3. The van der Waals surface area contributed by atoms with Gasteiger partial charge in [0, 0.05) is 12.0 Å². The minimum Gasteiger partial charge on any atom is -0.348 e. The quantitative estimate of drug-likeness (QED) is 0.339. The van der Waals surface area contributed by atoms with Gasteiger partial charge < -0.3 is 16.0 Å². The van der Waals surface area contributed by atoms with Gasteiger partial charge in [-0.05, 0) is 48.4 Å². The number of anilines is 1. The van der Waals surface area contributed by atoms with E-state index in [-0.39, 0.29) is 30.2 Å². The van der Waals surface area contributed by atoms with Crippen LogP contribution < -0.4 is 20.9 Å². The Kier molecular flexibility index (Phi) is 7.63. The molecule has 3 atom stereocenters. The van der Waals surface area contributed by atoms with E-state index in [9.17, 15) is 19.2 Å². The predicted octanol–water partition coefficient (Wildman–Crippen LogP) is 1.57. The molecule has 3 heterocycles. The lowest BCUT2D eigenvalue weighted by atomic mass is 9.99. The molecule has 40 heavy (non-hydrogen) atoms. The van der Waals surface area contributed by atoms with E-state index < -0.39 is 24.0 Å². The number of para-hydroxylation sites is 1. The first kappa shape index (κ1) is 27.0. The number of carbonyl (C=O) groups excluding carboxylic acids is 4. The van der Waals surface area contributed by atoms with Crippen LogP contribution in [0.1, 0.15) is 53.0 Å². The fraction of sp³-hybridized carbons (Fsp3) is 0.379. The van der Waals surface area contributed by atoms with E-state index in [1.165, 1.54) is 11.1 Å². The summed E-state index contributed by atoms with van der Waals surface area (Å²) in [5.74, 6) is -1.66. The lowest BCUT2D eigenvalue weighted by molar-refractivity contribution is -0.130. The molecule has 0 bridgehead atoms. The molecule has 4 amide bonds. The Morgan fingerprint density at radius 3 is 2.60 bits per heavy atom. The van der Waals surface area contributed by atoms with Crippen molar-refractivity contribution in [2.24, 2.45) is 5.92 Å². The number of carbonyl (C=O) groups is 4. The van der Waals surface area contributed by atoms with Gasteiger partial charge in [-0.1, -0.05) is 50.2 Å². The fourth-order valence-corrected chi connectivity index (χ4v) is 5.42. The van der Waals surface area contributed by atoms with E-state index in [1.807, 2.05) is 51.1 Å². The molecule has 0 saturated heterocycles. The third-order valence-corrected chi connectivity index (χ3v) is 7.56. The Balaban J connectivity index is 1.34. The van der Waals surface area contributed by atoms with Gasteiger partial charge in [0.15, 0.2) is 0 Å². The maximum Gasteiger partial charge on any atom is 0.252 e. The number of amides is 4. The van der Waals surface area contributed by atoms with E-state index in [0.29, 0.717) is 30.5 Å². The topological polar surface area (TPSA) is 149 Å². The molecule has 0 saturated carbocycles. The van der Waals surface area contributed by atoms with Gasteiger partial charge in [-0.25, -0.2) is 0 Å². The average molecular weight is 544 g/mol. The van der Waals surface area contributed by atoms with Gasteiger partial charge in [-0.2, -0.15) is 15.4 Å². The molecule has 0 aliphatic carbocycles. The summed E-state index contributed by atoms with van der Waals surface area (Å²) in [6.45, 7) is 5.70. The lowest BCUT2D eigenvalue weighted by Gasteiger charge is -2.29. The SMILES string of the molecule is Cc1ccccc1C(=O)N[C@H](C(=O)N[C@H]1CCc2cccc3c2N(C1=O)[C@H](C(=O)NCc1cn[nH]n1)C3)C(C)C. The zero-order valence-electron chi connectivity index (χ0n) is 22.7. The summed E-state index contributed by atoms with van der Waals surface area (Å²) in [4.78, 5) is 55.3. The maximum atomic E-state index is 14.0. The molecular weight excluding hydrogens is 510 g/mol.